The summed E-state index contributed by atoms with van der Waals surface area (Å²) in [5.41, 5.74) is 0.817. The van der Waals surface area contributed by atoms with E-state index < -0.39 is 23.4 Å². The molecule has 13 heteroatoms. The zero-order chi connectivity index (χ0) is 26.2. The third-order valence-electron chi connectivity index (χ3n) is 5.29. The second-order valence-corrected chi connectivity index (χ2v) is 10.0. The van der Waals surface area contributed by atoms with Crippen LogP contribution in [0.2, 0.25) is 10.0 Å². The number of hydrogen-bond acceptors (Lipinski definition) is 7. The second-order valence-electron chi connectivity index (χ2n) is 9.29. The number of anilines is 1. The lowest BCUT2D eigenvalue weighted by Gasteiger charge is -2.24. The van der Waals surface area contributed by atoms with Crippen molar-refractivity contribution in [2.24, 2.45) is 0 Å². The molecule has 1 aliphatic rings. The summed E-state index contributed by atoms with van der Waals surface area (Å²) in [6.07, 6.45) is -0.255. The fourth-order valence-corrected chi connectivity index (χ4v) is 4.04. The number of nitrogens with one attached hydrogen (secondary N) is 3. The van der Waals surface area contributed by atoms with E-state index in [0.29, 0.717) is 36.5 Å². The lowest BCUT2D eigenvalue weighted by atomic mass is 10.1. The molecular weight excluding hydrogens is 513 g/mol. The Morgan fingerprint density at radius 2 is 2.00 bits per heavy atom. The molecule has 2 amide bonds. The van der Waals surface area contributed by atoms with Gasteiger partial charge in [-0.2, -0.15) is 0 Å². The topological polar surface area (TPSA) is 143 Å². The number of rotatable bonds is 5. The number of ether oxygens (including phenoxy) is 2. The fraction of sp³-hybridized carbons (Fsp3) is 0.391. The van der Waals surface area contributed by atoms with Crippen molar-refractivity contribution in [3.63, 3.8) is 0 Å². The molecule has 0 saturated carbocycles. The predicted octanol–water partition coefficient (Wildman–Crippen LogP) is 4.61. The molecule has 0 bridgehead atoms. The smallest absolute Gasteiger partial charge is 0.434 e. The Bertz CT molecular complexity index is 1360. The van der Waals surface area contributed by atoms with Crippen LogP contribution < -0.4 is 15.8 Å². The van der Waals surface area contributed by atoms with Gasteiger partial charge in [0.1, 0.15) is 23.1 Å². The number of H-pyrrole nitrogens is 2. The molecule has 192 valence electrons. The normalized spacial score (nSPS) is 15.7. The quantitative estimate of drug-likeness (QED) is 0.431. The first-order chi connectivity index (χ1) is 16.9. The number of aryl methyl sites for hydroxylation is 1. The zero-order valence-corrected chi connectivity index (χ0v) is 21.5. The molecule has 3 heterocycles. The van der Waals surface area contributed by atoms with Gasteiger partial charge in [-0.15, -0.1) is 5.10 Å². The number of hydrogen-bond donors (Lipinski definition) is 3. The fourth-order valence-electron chi connectivity index (χ4n) is 3.62. The Morgan fingerprint density at radius 1 is 1.25 bits per heavy atom. The molecule has 1 aliphatic heterocycles. The molecule has 3 aromatic rings. The van der Waals surface area contributed by atoms with Crippen LogP contribution in [0.4, 0.5) is 10.5 Å². The summed E-state index contributed by atoms with van der Waals surface area (Å²) < 4.78 is 16.7. The summed E-state index contributed by atoms with van der Waals surface area (Å²) in [7, 11) is 0. The van der Waals surface area contributed by atoms with Gasteiger partial charge in [0.05, 0.1) is 22.3 Å². The van der Waals surface area contributed by atoms with E-state index in [9.17, 15) is 14.4 Å². The van der Waals surface area contributed by atoms with Gasteiger partial charge >= 0.3 is 11.8 Å². The molecule has 0 aliphatic carbocycles. The minimum atomic E-state index is -0.706. The maximum absolute atomic E-state index is 12.9. The molecule has 1 fully saturated rings. The standard InChI is InChI=1S/C23H25Cl2N5O6/c1-11-16(24)17(25)18(26-11)19(31)27-14-6-5-12(20-28-29-21(32)35-20)9-15(14)34-13-7-8-30(10-13)22(33)36-23(2,3)4/h5-6,9,13,26H,7-8,10H2,1-4H3,(H,27,31)(H,29,32). The third kappa shape index (κ3) is 5.68. The molecular formula is C23H25Cl2N5O6. The molecule has 36 heavy (non-hydrogen) atoms. The van der Waals surface area contributed by atoms with Crippen molar-refractivity contribution in [2.75, 3.05) is 18.4 Å². The molecule has 2 aromatic heterocycles. The molecule has 1 atom stereocenters. The number of benzene rings is 1. The van der Waals surface area contributed by atoms with Gasteiger partial charge in [0.2, 0.25) is 5.89 Å². The maximum Gasteiger partial charge on any atom is 0.434 e. The van der Waals surface area contributed by atoms with Crippen LogP contribution in [0.1, 0.15) is 43.4 Å². The SMILES string of the molecule is Cc1[nH]c(C(=O)Nc2ccc(-c3n[nH]c(=O)o3)cc2OC2CCN(C(=O)OC(C)(C)C)C2)c(Cl)c1Cl. The average molecular weight is 538 g/mol. The molecule has 1 aromatic carbocycles. The predicted molar refractivity (Wildman–Crippen MR) is 133 cm³/mol. The Kier molecular flexibility index (Phi) is 7.05. The first-order valence-electron chi connectivity index (χ1n) is 11.1. The van der Waals surface area contributed by atoms with Gasteiger partial charge < -0.3 is 29.1 Å². The van der Waals surface area contributed by atoms with Gasteiger partial charge in [-0.05, 0) is 45.9 Å². The van der Waals surface area contributed by atoms with E-state index in [2.05, 4.69) is 20.5 Å². The number of nitrogens with zero attached hydrogens (tertiary/aromatic N) is 2. The van der Waals surface area contributed by atoms with Crippen molar-refractivity contribution >= 4 is 40.9 Å². The van der Waals surface area contributed by atoms with E-state index in [4.69, 9.17) is 37.1 Å². The maximum atomic E-state index is 12.9. The Hall–Kier alpha value is -3.44. The van der Waals surface area contributed by atoms with Crippen LogP contribution in [0.5, 0.6) is 5.75 Å². The number of aromatic amines is 2. The molecule has 1 saturated heterocycles. The first kappa shape index (κ1) is 25.6. The second kappa shape index (κ2) is 9.90. The van der Waals surface area contributed by atoms with Gasteiger partial charge in [0.25, 0.3) is 5.91 Å². The lowest BCUT2D eigenvalue weighted by Crippen LogP contribution is -2.36. The third-order valence-corrected chi connectivity index (χ3v) is 6.23. The van der Waals surface area contributed by atoms with Crippen molar-refractivity contribution in [3.8, 4) is 17.2 Å². The average Bonchev–Trinajstić information content (AvgIpc) is 3.50. The van der Waals surface area contributed by atoms with E-state index in [1.54, 1.807) is 50.8 Å². The number of amides is 2. The molecule has 11 nitrogen and oxygen atoms in total. The highest BCUT2D eigenvalue weighted by Gasteiger charge is 2.31. The van der Waals surface area contributed by atoms with Crippen LogP contribution in [0.25, 0.3) is 11.5 Å². The first-order valence-corrected chi connectivity index (χ1v) is 11.9. The van der Waals surface area contributed by atoms with E-state index in [-0.39, 0.29) is 33.5 Å². The number of likely N-dealkylation sites (tertiary alicyclic amines) is 1. The van der Waals surface area contributed by atoms with Crippen LogP contribution in [0, 0.1) is 6.92 Å². The summed E-state index contributed by atoms with van der Waals surface area (Å²) in [5, 5.41) is 9.17. The lowest BCUT2D eigenvalue weighted by molar-refractivity contribution is 0.0276. The molecule has 0 spiro atoms. The number of aromatic nitrogens is 3. The van der Waals surface area contributed by atoms with Crippen LogP contribution in [-0.4, -0.2) is 56.9 Å². The van der Waals surface area contributed by atoms with Crippen LogP contribution in [0.15, 0.2) is 27.4 Å². The summed E-state index contributed by atoms with van der Waals surface area (Å²) >= 11 is 12.3. The van der Waals surface area contributed by atoms with Crippen LogP contribution in [0.3, 0.4) is 0 Å². The highest BCUT2D eigenvalue weighted by molar-refractivity contribution is 6.44. The van der Waals surface area contributed by atoms with Crippen molar-refractivity contribution in [2.45, 2.75) is 45.8 Å². The summed E-state index contributed by atoms with van der Waals surface area (Å²) in [6, 6.07) is 4.78. The van der Waals surface area contributed by atoms with Gasteiger partial charge in [0, 0.05) is 24.2 Å². The van der Waals surface area contributed by atoms with E-state index in [1.807, 2.05) is 0 Å². The number of carbonyl (C=O) groups is 2. The molecule has 4 rings (SSSR count). The van der Waals surface area contributed by atoms with E-state index >= 15 is 0 Å². The monoisotopic (exact) mass is 537 g/mol. The molecule has 0 radical (unpaired) electrons. The van der Waals surface area contributed by atoms with Crippen molar-refractivity contribution in [3.05, 3.63) is 50.2 Å². The van der Waals surface area contributed by atoms with Gasteiger partial charge in [-0.25, -0.2) is 14.7 Å². The zero-order valence-electron chi connectivity index (χ0n) is 20.0. The van der Waals surface area contributed by atoms with Gasteiger partial charge in [-0.1, -0.05) is 23.2 Å². The number of halogens is 2. The highest BCUT2D eigenvalue weighted by Crippen LogP contribution is 2.34. The Labute approximate surface area is 216 Å². The molecule has 3 N–H and O–H groups in total. The van der Waals surface area contributed by atoms with Crippen molar-refractivity contribution in [1.82, 2.24) is 20.1 Å². The minimum Gasteiger partial charge on any atom is -0.486 e. The Morgan fingerprint density at radius 3 is 2.61 bits per heavy atom. The van der Waals surface area contributed by atoms with Crippen LogP contribution >= 0.6 is 23.2 Å². The van der Waals surface area contributed by atoms with E-state index in [1.165, 1.54) is 0 Å². The summed E-state index contributed by atoms with van der Waals surface area (Å²) in [4.78, 5) is 41.2. The number of carbonyl (C=O) groups excluding carboxylic acids is 2. The summed E-state index contributed by atoms with van der Waals surface area (Å²) in [6.45, 7) is 7.84. The van der Waals surface area contributed by atoms with E-state index in [0.717, 1.165) is 0 Å². The largest absolute Gasteiger partial charge is 0.486 e. The van der Waals surface area contributed by atoms with Gasteiger partial charge in [0.15, 0.2) is 0 Å². The Balaban J connectivity index is 1.58. The van der Waals surface area contributed by atoms with Crippen molar-refractivity contribution < 1.29 is 23.5 Å². The minimum absolute atomic E-state index is 0.0550. The highest BCUT2D eigenvalue weighted by atomic mass is 35.5. The van der Waals surface area contributed by atoms with Gasteiger partial charge in [-0.3, -0.25) is 4.79 Å². The van der Waals surface area contributed by atoms with Crippen LogP contribution in [-0.2, 0) is 4.74 Å². The van der Waals surface area contributed by atoms with Crippen molar-refractivity contribution in [1.29, 1.82) is 0 Å². The molecule has 1 unspecified atom stereocenters. The summed E-state index contributed by atoms with van der Waals surface area (Å²) in [5.74, 6) is -0.893.